The number of rotatable bonds is 5. The minimum atomic E-state index is -0.201. The number of ether oxygens (including phenoxy) is 2. The van der Waals surface area contributed by atoms with Crippen LogP contribution in [-0.4, -0.2) is 63.1 Å². The van der Waals surface area contributed by atoms with Crippen molar-refractivity contribution in [2.45, 2.75) is 6.29 Å². The third-order valence-electron chi connectivity index (χ3n) is 4.49. The highest BCUT2D eigenvalue weighted by Crippen LogP contribution is 2.29. The topological polar surface area (TPSA) is 61.6 Å². The zero-order valence-electron chi connectivity index (χ0n) is 14.1. The summed E-state index contributed by atoms with van der Waals surface area (Å²) in [7, 11) is 3.32. The van der Waals surface area contributed by atoms with Gasteiger partial charge in [0, 0.05) is 58.5 Å². The third-order valence-corrected chi connectivity index (χ3v) is 4.49. The molecule has 6 heteroatoms. The van der Waals surface area contributed by atoms with E-state index >= 15 is 0 Å². The van der Waals surface area contributed by atoms with Gasteiger partial charge in [-0.2, -0.15) is 5.26 Å². The van der Waals surface area contributed by atoms with E-state index in [2.05, 4.69) is 20.9 Å². The highest BCUT2D eigenvalue weighted by Gasteiger charge is 2.23. The number of pyridine rings is 1. The molecule has 0 saturated carbocycles. The molecule has 0 spiro atoms. The number of nitriles is 1. The van der Waals surface area contributed by atoms with Crippen molar-refractivity contribution in [3.8, 4) is 6.07 Å². The van der Waals surface area contributed by atoms with Crippen molar-refractivity contribution in [3.63, 3.8) is 0 Å². The molecule has 0 atom stereocenters. The molecule has 3 rings (SSSR count). The second-order valence-electron chi connectivity index (χ2n) is 5.84. The van der Waals surface area contributed by atoms with Crippen molar-refractivity contribution in [1.82, 2.24) is 9.88 Å². The van der Waals surface area contributed by atoms with Crippen LogP contribution >= 0.6 is 0 Å². The van der Waals surface area contributed by atoms with Crippen molar-refractivity contribution >= 4 is 16.6 Å². The highest BCUT2D eigenvalue weighted by atomic mass is 16.7. The van der Waals surface area contributed by atoms with Gasteiger partial charge in [0.2, 0.25) is 0 Å². The van der Waals surface area contributed by atoms with Crippen LogP contribution in [0.4, 0.5) is 5.69 Å². The monoisotopic (exact) mass is 326 g/mol. The molecule has 0 aliphatic carbocycles. The zero-order chi connectivity index (χ0) is 16.9. The lowest BCUT2D eigenvalue weighted by molar-refractivity contribution is -0.116. The van der Waals surface area contributed by atoms with Gasteiger partial charge in [0.25, 0.3) is 0 Å². The van der Waals surface area contributed by atoms with E-state index in [1.54, 1.807) is 20.4 Å². The van der Waals surface area contributed by atoms with E-state index in [1.165, 1.54) is 0 Å². The molecule has 1 saturated heterocycles. The Morgan fingerprint density at radius 1 is 1.17 bits per heavy atom. The van der Waals surface area contributed by atoms with Crippen LogP contribution in [0.15, 0.2) is 30.5 Å². The van der Waals surface area contributed by atoms with Gasteiger partial charge in [0.15, 0.2) is 6.29 Å². The second-order valence-corrected chi connectivity index (χ2v) is 5.84. The van der Waals surface area contributed by atoms with E-state index in [0.717, 1.165) is 49.3 Å². The summed E-state index contributed by atoms with van der Waals surface area (Å²) in [5.74, 6) is 0. The number of fused-ring (bicyclic) bond motifs is 1. The molecule has 0 bridgehead atoms. The molecule has 1 aliphatic heterocycles. The number of aromatic nitrogens is 1. The summed E-state index contributed by atoms with van der Waals surface area (Å²) < 4.78 is 10.6. The van der Waals surface area contributed by atoms with Crippen LogP contribution in [0.5, 0.6) is 0 Å². The molecule has 0 radical (unpaired) electrons. The Hall–Kier alpha value is -2.20. The van der Waals surface area contributed by atoms with Crippen molar-refractivity contribution in [2.24, 2.45) is 0 Å². The summed E-state index contributed by atoms with van der Waals surface area (Å²) in [5, 5.41) is 10.5. The second kappa shape index (κ2) is 7.58. The maximum atomic E-state index is 9.48. The van der Waals surface area contributed by atoms with Crippen LogP contribution in [-0.2, 0) is 9.47 Å². The SMILES string of the molecule is COC(CN1CCN(c2c(C#N)cnc3ccccc23)CC1)OC. The molecule has 126 valence electrons. The number of methoxy groups -OCH3 is 2. The molecule has 0 amide bonds. The molecule has 1 fully saturated rings. The number of benzene rings is 1. The number of para-hydroxylation sites is 1. The molecule has 0 N–H and O–H groups in total. The maximum absolute atomic E-state index is 9.48. The predicted octanol–water partition coefficient (Wildman–Crippen LogP) is 1.85. The van der Waals surface area contributed by atoms with Crippen molar-refractivity contribution < 1.29 is 9.47 Å². The first kappa shape index (κ1) is 16.7. The molecule has 2 heterocycles. The van der Waals surface area contributed by atoms with Gasteiger partial charge in [-0.15, -0.1) is 0 Å². The van der Waals surface area contributed by atoms with E-state index in [4.69, 9.17) is 9.47 Å². The lowest BCUT2D eigenvalue weighted by Crippen LogP contribution is -2.49. The number of nitrogens with zero attached hydrogens (tertiary/aromatic N) is 4. The fourth-order valence-corrected chi connectivity index (χ4v) is 3.16. The number of hydrogen-bond donors (Lipinski definition) is 0. The Labute approximate surface area is 142 Å². The van der Waals surface area contributed by atoms with Gasteiger partial charge in [0.1, 0.15) is 6.07 Å². The molecule has 0 unspecified atom stereocenters. The van der Waals surface area contributed by atoms with E-state index in [-0.39, 0.29) is 6.29 Å². The maximum Gasteiger partial charge on any atom is 0.169 e. The molecule has 2 aromatic rings. The third kappa shape index (κ3) is 3.34. The van der Waals surface area contributed by atoms with Gasteiger partial charge in [-0.25, -0.2) is 0 Å². The summed E-state index contributed by atoms with van der Waals surface area (Å²) >= 11 is 0. The minimum absolute atomic E-state index is 0.201. The lowest BCUT2D eigenvalue weighted by Gasteiger charge is -2.37. The summed E-state index contributed by atoms with van der Waals surface area (Å²) in [6.07, 6.45) is 1.48. The van der Waals surface area contributed by atoms with Gasteiger partial charge in [-0.1, -0.05) is 18.2 Å². The molecule has 1 aromatic heterocycles. The van der Waals surface area contributed by atoms with E-state index in [0.29, 0.717) is 5.56 Å². The van der Waals surface area contributed by atoms with Crippen LogP contribution < -0.4 is 4.90 Å². The number of hydrogen-bond acceptors (Lipinski definition) is 6. The van der Waals surface area contributed by atoms with E-state index in [9.17, 15) is 5.26 Å². The fourth-order valence-electron chi connectivity index (χ4n) is 3.16. The quantitative estimate of drug-likeness (QED) is 0.782. The first-order valence-corrected chi connectivity index (χ1v) is 8.07. The molecular formula is C18H22N4O2. The predicted molar refractivity (Wildman–Crippen MR) is 92.9 cm³/mol. The molecule has 1 aliphatic rings. The fraction of sp³-hybridized carbons (Fsp3) is 0.444. The molecule has 6 nitrogen and oxygen atoms in total. The van der Waals surface area contributed by atoms with Gasteiger partial charge >= 0.3 is 0 Å². The summed E-state index contributed by atoms with van der Waals surface area (Å²) in [4.78, 5) is 9.00. The number of anilines is 1. The van der Waals surface area contributed by atoms with Crippen molar-refractivity contribution in [3.05, 3.63) is 36.0 Å². The molecule has 1 aromatic carbocycles. The first-order chi connectivity index (χ1) is 11.8. The molecule has 24 heavy (non-hydrogen) atoms. The van der Waals surface area contributed by atoms with Crippen LogP contribution in [0.2, 0.25) is 0 Å². The van der Waals surface area contributed by atoms with Gasteiger partial charge in [-0.05, 0) is 6.07 Å². The first-order valence-electron chi connectivity index (χ1n) is 8.07. The van der Waals surface area contributed by atoms with Gasteiger partial charge in [0.05, 0.1) is 16.8 Å². The van der Waals surface area contributed by atoms with Crippen LogP contribution in [0.3, 0.4) is 0 Å². The number of piperazine rings is 1. The Kier molecular flexibility index (Phi) is 5.26. The minimum Gasteiger partial charge on any atom is -0.367 e. The zero-order valence-corrected chi connectivity index (χ0v) is 14.1. The largest absolute Gasteiger partial charge is 0.367 e. The van der Waals surface area contributed by atoms with Crippen molar-refractivity contribution in [1.29, 1.82) is 5.26 Å². The Morgan fingerprint density at radius 3 is 2.54 bits per heavy atom. The van der Waals surface area contributed by atoms with Crippen LogP contribution in [0, 0.1) is 11.3 Å². The normalized spacial score (nSPS) is 15.8. The summed E-state index contributed by atoms with van der Waals surface area (Å²) in [6, 6.07) is 10.3. The van der Waals surface area contributed by atoms with Crippen molar-refractivity contribution in [2.75, 3.05) is 51.8 Å². The standard InChI is InChI=1S/C18H22N4O2/c1-23-17(24-2)13-21-7-9-22(10-8-21)18-14(11-19)12-20-16-6-4-3-5-15(16)18/h3-6,12,17H,7-10,13H2,1-2H3. The Morgan fingerprint density at radius 2 is 1.88 bits per heavy atom. The van der Waals surface area contributed by atoms with Gasteiger partial charge in [-0.3, -0.25) is 9.88 Å². The van der Waals surface area contributed by atoms with Crippen LogP contribution in [0.25, 0.3) is 10.9 Å². The lowest BCUT2D eigenvalue weighted by atomic mass is 10.1. The Bertz CT molecular complexity index is 731. The van der Waals surface area contributed by atoms with Crippen LogP contribution in [0.1, 0.15) is 5.56 Å². The highest BCUT2D eigenvalue weighted by molar-refractivity contribution is 5.94. The average Bonchev–Trinajstić information content (AvgIpc) is 2.65. The summed E-state index contributed by atoms with van der Waals surface area (Å²) in [5.41, 5.74) is 2.55. The Balaban J connectivity index is 1.79. The van der Waals surface area contributed by atoms with E-state index in [1.807, 2.05) is 24.3 Å². The molecular weight excluding hydrogens is 304 g/mol. The smallest absolute Gasteiger partial charge is 0.169 e. The van der Waals surface area contributed by atoms with Gasteiger partial charge < -0.3 is 14.4 Å². The van der Waals surface area contributed by atoms with E-state index < -0.39 is 0 Å². The summed E-state index contributed by atoms with van der Waals surface area (Å²) in [6.45, 7) is 4.30. The average molecular weight is 326 g/mol.